The Hall–Kier alpha value is -7.72. The van der Waals surface area contributed by atoms with Crippen LogP contribution in [0.3, 0.4) is 0 Å². The average molecular weight is 795 g/mol. The maximum absolute atomic E-state index is 2.43. The molecule has 2 heterocycles. The minimum Gasteiger partial charge on any atom is -0.310 e. The number of fused-ring (bicyclic) bond motifs is 7. The van der Waals surface area contributed by atoms with E-state index in [2.05, 4.69) is 240 Å². The highest BCUT2D eigenvalue weighted by Gasteiger charge is 2.20. The van der Waals surface area contributed by atoms with Crippen LogP contribution in [0.25, 0.3) is 91.8 Å². The molecule has 0 N–H and O–H groups in total. The number of hydrogen-bond donors (Lipinski definition) is 0. The predicted octanol–water partition coefficient (Wildman–Crippen LogP) is 16.8. The van der Waals surface area contributed by atoms with Crippen molar-refractivity contribution in [1.29, 1.82) is 0 Å². The Morgan fingerprint density at radius 1 is 0.328 bits per heavy atom. The first-order valence-corrected chi connectivity index (χ1v) is 21.7. The van der Waals surface area contributed by atoms with E-state index >= 15 is 0 Å². The summed E-state index contributed by atoms with van der Waals surface area (Å²) in [5.74, 6) is 0. The number of benzene rings is 10. The van der Waals surface area contributed by atoms with Gasteiger partial charge in [-0.1, -0.05) is 176 Å². The fourth-order valence-corrected chi connectivity index (χ4v) is 10.5. The molecular weight excluding hydrogens is 757 g/mol. The van der Waals surface area contributed by atoms with E-state index in [1.54, 1.807) is 0 Å². The van der Waals surface area contributed by atoms with Crippen LogP contribution in [0.15, 0.2) is 231 Å². The molecule has 2 aromatic heterocycles. The van der Waals surface area contributed by atoms with Crippen LogP contribution in [-0.4, -0.2) is 4.57 Å². The molecule has 0 bridgehead atoms. The second-order valence-corrected chi connectivity index (χ2v) is 16.8. The molecule has 0 aliphatic rings. The number of hydrogen-bond acceptors (Lipinski definition) is 2. The lowest BCUT2D eigenvalue weighted by Crippen LogP contribution is -2.11. The third-order valence-electron chi connectivity index (χ3n) is 12.2. The minimum atomic E-state index is 1.11. The average Bonchev–Trinajstić information content (AvgIpc) is 3.87. The molecule has 0 fully saturated rings. The topological polar surface area (TPSA) is 8.17 Å². The Kier molecular flexibility index (Phi) is 8.39. The molecule has 0 saturated carbocycles. The normalized spacial score (nSPS) is 11.6. The minimum absolute atomic E-state index is 1.11. The lowest BCUT2D eigenvalue weighted by molar-refractivity contribution is 1.18. The quantitative estimate of drug-likeness (QED) is 0.156. The molecule has 3 heteroatoms. The van der Waals surface area contributed by atoms with E-state index in [0.717, 1.165) is 17.1 Å². The second-order valence-electron chi connectivity index (χ2n) is 15.7. The fourth-order valence-electron chi connectivity index (χ4n) is 9.38. The Morgan fingerprint density at radius 3 is 1.62 bits per heavy atom. The third kappa shape index (κ3) is 5.93. The molecule has 0 unspecified atom stereocenters. The summed E-state index contributed by atoms with van der Waals surface area (Å²) in [5.41, 5.74) is 14.1. The first-order valence-electron chi connectivity index (χ1n) is 20.8. The largest absolute Gasteiger partial charge is 0.310 e. The lowest BCUT2D eigenvalue weighted by atomic mass is 9.96. The van der Waals surface area contributed by atoms with E-state index in [0.29, 0.717) is 0 Å². The summed E-state index contributed by atoms with van der Waals surface area (Å²) < 4.78 is 5.00. The van der Waals surface area contributed by atoms with Crippen molar-refractivity contribution in [3.63, 3.8) is 0 Å². The van der Waals surface area contributed by atoms with Gasteiger partial charge < -0.3 is 9.47 Å². The molecule has 12 aromatic rings. The molecule has 0 atom stereocenters. The van der Waals surface area contributed by atoms with Crippen LogP contribution in [0.2, 0.25) is 0 Å². The highest BCUT2D eigenvalue weighted by Crippen LogP contribution is 2.45. The molecule has 61 heavy (non-hydrogen) atoms. The summed E-state index contributed by atoms with van der Waals surface area (Å²) in [6.07, 6.45) is 0. The van der Waals surface area contributed by atoms with Gasteiger partial charge in [-0.2, -0.15) is 0 Å². The molecule has 286 valence electrons. The zero-order valence-corrected chi connectivity index (χ0v) is 34.1. The monoisotopic (exact) mass is 794 g/mol. The van der Waals surface area contributed by atoms with Crippen molar-refractivity contribution < 1.29 is 0 Å². The van der Waals surface area contributed by atoms with E-state index in [9.17, 15) is 0 Å². The Morgan fingerprint density at radius 2 is 0.852 bits per heavy atom. The molecule has 10 aromatic carbocycles. The predicted molar refractivity (Wildman–Crippen MR) is 262 cm³/mol. The number of aromatic nitrogens is 1. The number of rotatable bonds is 7. The molecular formula is C58H38N2S. The lowest BCUT2D eigenvalue weighted by Gasteiger charge is -2.28. The number of nitrogens with zero attached hydrogens (tertiary/aromatic N) is 2. The van der Waals surface area contributed by atoms with E-state index in [-0.39, 0.29) is 0 Å². The standard InChI is InChI=1S/C58H38N2S/c1-2-16-45-41(14-1)15-13-22-47(45)48-18-4-9-24-54(48)59(44-36-37-52-51-21-7-12-27-57(51)61-58(52)38-44)43-34-32-40(33-35-43)39-28-30-42(31-29-39)46-17-3-8-23-53(46)60-55-25-10-5-19-49(55)50-20-6-11-26-56(50)60/h1-38H. The van der Waals surface area contributed by atoms with Crippen molar-refractivity contribution in [1.82, 2.24) is 4.57 Å². The van der Waals surface area contributed by atoms with Crippen molar-refractivity contribution in [2.45, 2.75) is 0 Å². The Balaban J connectivity index is 0.944. The van der Waals surface area contributed by atoms with Gasteiger partial charge in [-0.05, 0) is 87.6 Å². The van der Waals surface area contributed by atoms with Crippen LogP contribution >= 0.6 is 11.3 Å². The Labute approximate surface area is 358 Å². The van der Waals surface area contributed by atoms with Crippen LogP contribution in [0.5, 0.6) is 0 Å². The van der Waals surface area contributed by atoms with Crippen LogP contribution < -0.4 is 4.90 Å². The molecule has 0 spiro atoms. The summed E-state index contributed by atoms with van der Waals surface area (Å²) in [4.78, 5) is 2.43. The van der Waals surface area contributed by atoms with E-state index in [4.69, 9.17) is 0 Å². The van der Waals surface area contributed by atoms with Crippen molar-refractivity contribution in [2.75, 3.05) is 4.90 Å². The third-order valence-corrected chi connectivity index (χ3v) is 13.4. The van der Waals surface area contributed by atoms with Gasteiger partial charge in [0.2, 0.25) is 0 Å². The first kappa shape index (κ1) is 35.2. The zero-order valence-electron chi connectivity index (χ0n) is 33.2. The second kappa shape index (κ2) is 14.5. The Bertz CT molecular complexity index is 3530. The van der Waals surface area contributed by atoms with Crippen molar-refractivity contribution in [3.05, 3.63) is 231 Å². The first-order chi connectivity index (χ1) is 30.3. The van der Waals surface area contributed by atoms with Gasteiger partial charge in [0.25, 0.3) is 0 Å². The van der Waals surface area contributed by atoms with Gasteiger partial charge in [0.1, 0.15) is 0 Å². The van der Waals surface area contributed by atoms with Gasteiger partial charge in [-0.15, -0.1) is 11.3 Å². The highest BCUT2D eigenvalue weighted by molar-refractivity contribution is 7.25. The number of thiophene rings is 1. The maximum atomic E-state index is 2.43. The maximum Gasteiger partial charge on any atom is 0.0541 e. The van der Waals surface area contributed by atoms with Crippen LogP contribution in [0.4, 0.5) is 17.1 Å². The van der Waals surface area contributed by atoms with E-state index in [1.165, 1.54) is 91.8 Å². The van der Waals surface area contributed by atoms with Crippen LogP contribution in [0, 0.1) is 0 Å². The molecule has 0 amide bonds. The van der Waals surface area contributed by atoms with E-state index in [1.807, 2.05) is 11.3 Å². The fraction of sp³-hybridized carbons (Fsp3) is 0. The van der Waals surface area contributed by atoms with Crippen molar-refractivity contribution >= 4 is 81.1 Å². The summed E-state index contributed by atoms with van der Waals surface area (Å²) in [6.45, 7) is 0. The SMILES string of the molecule is c1ccc(N(c2ccc(-c3ccc(-c4ccccc4-n4c5ccccc5c5ccccc54)cc3)cc2)c2ccc3c(c2)sc2ccccc23)c(-c2cccc3ccccc23)c1. The van der Waals surface area contributed by atoms with Gasteiger partial charge in [0.15, 0.2) is 0 Å². The highest BCUT2D eigenvalue weighted by atomic mass is 32.1. The molecule has 0 saturated heterocycles. The van der Waals surface area contributed by atoms with Crippen LogP contribution in [0.1, 0.15) is 0 Å². The molecule has 0 aliphatic carbocycles. The summed E-state index contributed by atoms with van der Waals surface area (Å²) in [7, 11) is 0. The summed E-state index contributed by atoms with van der Waals surface area (Å²) in [6, 6.07) is 84.1. The summed E-state index contributed by atoms with van der Waals surface area (Å²) >= 11 is 1.86. The molecule has 0 radical (unpaired) electrons. The van der Waals surface area contributed by atoms with Gasteiger partial charge in [0, 0.05) is 53.4 Å². The summed E-state index contributed by atoms with van der Waals surface area (Å²) in [5, 5.41) is 7.61. The van der Waals surface area contributed by atoms with Crippen molar-refractivity contribution in [2.24, 2.45) is 0 Å². The van der Waals surface area contributed by atoms with Crippen LogP contribution in [-0.2, 0) is 0 Å². The van der Waals surface area contributed by atoms with E-state index < -0.39 is 0 Å². The van der Waals surface area contributed by atoms with Gasteiger partial charge in [-0.3, -0.25) is 0 Å². The van der Waals surface area contributed by atoms with Gasteiger partial charge in [0.05, 0.1) is 22.4 Å². The molecule has 12 rings (SSSR count). The smallest absolute Gasteiger partial charge is 0.0541 e. The molecule has 2 nitrogen and oxygen atoms in total. The zero-order chi connectivity index (χ0) is 40.3. The van der Waals surface area contributed by atoms with Gasteiger partial charge in [-0.25, -0.2) is 0 Å². The molecule has 0 aliphatic heterocycles. The van der Waals surface area contributed by atoms with Gasteiger partial charge >= 0.3 is 0 Å². The number of anilines is 3. The number of para-hydroxylation sites is 4. The van der Waals surface area contributed by atoms with Crippen molar-refractivity contribution in [3.8, 4) is 39.1 Å².